The summed E-state index contributed by atoms with van der Waals surface area (Å²) in [6.45, 7) is 3.77. The van der Waals surface area contributed by atoms with Gasteiger partial charge in [0, 0.05) is 44.1 Å². The van der Waals surface area contributed by atoms with Gasteiger partial charge in [-0.25, -0.2) is 0 Å². The third-order valence-electron chi connectivity index (χ3n) is 3.63. The van der Waals surface area contributed by atoms with Gasteiger partial charge in [-0.2, -0.15) is 4.98 Å². The molecule has 0 atom stereocenters. The van der Waals surface area contributed by atoms with Crippen molar-refractivity contribution in [2.24, 2.45) is 0 Å². The quantitative estimate of drug-likeness (QED) is 0.724. The van der Waals surface area contributed by atoms with Crippen LogP contribution in [0.15, 0.2) is 30.6 Å². The van der Waals surface area contributed by atoms with E-state index in [9.17, 15) is 0 Å². The number of aromatic amines is 1. The topological polar surface area (TPSA) is 82.6 Å². The normalized spacial score (nSPS) is 15.5. The van der Waals surface area contributed by atoms with Crippen LogP contribution in [0.3, 0.4) is 0 Å². The second kappa shape index (κ2) is 5.10. The number of nitrogens with zero attached hydrogens (tertiary/aromatic N) is 5. The predicted octanol–water partition coefficient (Wildman–Crippen LogP) is 0.824. The highest BCUT2D eigenvalue weighted by Crippen LogP contribution is 2.24. The first kappa shape index (κ1) is 12.2. The average Bonchev–Trinajstić information content (AvgIpc) is 3.05. The van der Waals surface area contributed by atoms with Crippen molar-refractivity contribution >= 4 is 17.0 Å². The smallest absolute Gasteiger partial charge is 0.245 e. The fourth-order valence-electron chi connectivity index (χ4n) is 2.56. The highest BCUT2D eigenvalue weighted by Gasteiger charge is 2.16. The highest BCUT2D eigenvalue weighted by molar-refractivity contribution is 5.89. The molecule has 0 aliphatic carbocycles. The Bertz CT molecular complexity index is 755. The number of aromatic nitrogens is 5. The SMILES string of the molecule is c1cc(-c2nc(N3CCNCC3)n[nH]2)c2nccnc2c1. The van der Waals surface area contributed by atoms with Gasteiger partial charge in [0.05, 0.1) is 11.0 Å². The molecule has 1 saturated heterocycles. The second-order valence-electron chi connectivity index (χ2n) is 4.95. The van der Waals surface area contributed by atoms with Crippen molar-refractivity contribution in [2.45, 2.75) is 0 Å². The van der Waals surface area contributed by atoms with Gasteiger partial charge < -0.3 is 10.2 Å². The molecule has 0 unspecified atom stereocenters. The van der Waals surface area contributed by atoms with Crippen molar-refractivity contribution in [3.05, 3.63) is 30.6 Å². The Morgan fingerprint density at radius 3 is 2.81 bits per heavy atom. The maximum atomic E-state index is 4.62. The van der Waals surface area contributed by atoms with E-state index in [1.807, 2.05) is 18.2 Å². The Morgan fingerprint density at radius 1 is 1.05 bits per heavy atom. The molecule has 1 aromatic carbocycles. The average molecular weight is 281 g/mol. The van der Waals surface area contributed by atoms with Crippen LogP contribution in [-0.2, 0) is 0 Å². The van der Waals surface area contributed by atoms with E-state index in [4.69, 9.17) is 0 Å². The van der Waals surface area contributed by atoms with Crippen LogP contribution in [-0.4, -0.2) is 51.3 Å². The number of hydrogen-bond donors (Lipinski definition) is 2. The monoisotopic (exact) mass is 281 g/mol. The molecule has 4 rings (SSSR count). The van der Waals surface area contributed by atoms with E-state index >= 15 is 0 Å². The Morgan fingerprint density at radius 2 is 1.90 bits per heavy atom. The van der Waals surface area contributed by atoms with Crippen LogP contribution in [0.25, 0.3) is 22.4 Å². The Labute approximate surface area is 121 Å². The zero-order valence-corrected chi connectivity index (χ0v) is 11.5. The molecule has 3 aromatic rings. The summed E-state index contributed by atoms with van der Waals surface area (Å²) in [5, 5.41) is 10.7. The molecule has 0 saturated carbocycles. The van der Waals surface area contributed by atoms with Crippen molar-refractivity contribution in [3.8, 4) is 11.4 Å². The van der Waals surface area contributed by atoms with Crippen LogP contribution in [0.2, 0.25) is 0 Å². The van der Waals surface area contributed by atoms with E-state index < -0.39 is 0 Å². The van der Waals surface area contributed by atoms with Gasteiger partial charge in [0.15, 0.2) is 5.82 Å². The molecule has 1 aliphatic heterocycles. The molecule has 0 bridgehead atoms. The fraction of sp³-hybridized carbons (Fsp3) is 0.286. The number of rotatable bonds is 2. The third kappa shape index (κ3) is 2.21. The van der Waals surface area contributed by atoms with Crippen LogP contribution < -0.4 is 10.2 Å². The van der Waals surface area contributed by atoms with Gasteiger partial charge >= 0.3 is 0 Å². The molecule has 1 fully saturated rings. The molecule has 0 radical (unpaired) electrons. The van der Waals surface area contributed by atoms with Crippen LogP contribution in [0.5, 0.6) is 0 Å². The lowest BCUT2D eigenvalue weighted by atomic mass is 10.1. The second-order valence-corrected chi connectivity index (χ2v) is 4.95. The molecule has 106 valence electrons. The zero-order chi connectivity index (χ0) is 14.1. The summed E-state index contributed by atoms with van der Waals surface area (Å²) in [4.78, 5) is 15.5. The van der Waals surface area contributed by atoms with Crippen molar-refractivity contribution in [1.29, 1.82) is 0 Å². The lowest BCUT2D eigenvalue weighted by molar-refractivity contribution is 0.580. The summed E-state index contributed by atoms with van der Waals surface area (Å²) in [6, 6.07) is 5.89. The number of anilines is 1. The first-order valence-corrected chi connectivity index (χ1v) is 7.00. The van der Waals surface area contributed by atoms with Gasteiger partial charge in [0.1, 0.15) is 0 Å². The Hall–Kier alpha value is -2.54. The summed E-state index contributed by atoms with van der Waals surface area (Å²) in [5.41, 5.74) is 2.62. The minimum absolute atomic E-state index is 0.731. The molecule has 0 amide bonds. The van der Waals surface area contributed by atoms with Gasteiger partial charge in [-0.05, 0) is 12.1 Å². The summed E-state index contributed by atoms with van der Waals surface area (Å²) < 4.78 is 0. The van der Waals surface area contributed by atoms with E-state index in [2.05, 4.69) is 35.4 Å². The summed E-state index contributed by atoms with van der Waals surface area (Å²) in [7, 11) is 0. The zero-order valence-electron chi connectivity index (χ0n) is 11.5. The van der Waals surface area contributed by atoms with E-state index in [1.165, 1.54) is 0 Å². The van der Waals surface area contributed by atoms with Crippen LogP contribution in [0, 0.1) is 0 Å². The molecule has 3 heterocycles. The summed E-state index contributed by atoms with van der Waals surface area (Å²) in [6.07, 6.45) is 3.39. The molecule has 1 aliphatic rings. The van der Waals surface area contributed by atoms with Crippen molar-refractivity contribution in [2.75, 3.05) is 31.1 Å². The molecular weight excluding hydrogens is 266 g/mol. The molecule has 2 aromatic heterocycles. The number of para-hydroxylation sites is 1. The van der Waals surface area contributed by atoms with Crippen molar-refractivity contribution in [3.63, 3.8) is 0 Å². The van der Waals surface area contributed by atoms with Gasteiger partial charge in [0.2, 0.25) is 5.95 Å². The third-order valence-corrected chi connectivity index (χ3v) is 3.63. The molecular formula is C14H15N7. The van der Waals surface area contributed by atoms with E-state index in [-0.39, 0.29) is 0 Å². The van der Waals surface area contributed by atoms with Crippen molar-refractivity contribution < 1.29 is 0 Å². The van der Waals surface area contributed by atoms with Gasteiger partial charge in [-0.1, -0.05) is 6.07 Å². The number of benzene rings is 1. The summed E-state index contributed by atoms with van der Waals surface area (Å²) in [5.74, 6) is 1.47. The van der Waals surface area contributed by atoms with Crippen LogP contribution in [0.1, 0.15) is 0 Å². The molecule has 7 heteroatoms. The fourth-order valence-corrected chi connectivity index (χ4v) is 2.56. The van der Waals surface area contributed by atoms with Gasteiger partial charge in [0.25, 0.3) is 0 Å². The minimum Gasteiger partial charge on any atom is -0.337 e. The highest BCUT2D eigenvalue weighted by atomic mass is 15.4. The number of H-pyrrole nitrogens is 1. The maximum absolute atomic E-state index is 4.62. The Kier molecular flexibility index (Phi) is 2.97. The molecule has 2 N–H and O–H groups in total. The number of nitrogens with one attached hydrogen (secondary N) is 2. The van der Waals surface area contributed by atoms with E-state index in [1.54, 1.807) is 12.4 Å². The number of fused-ring (bicyclic) bond motifs is 1. The molecule has 0 spiro atoms. The van der Waals surface area contributed by atoms with Crippen LogP contribution >= 0.6 is 0 Å². The molecule has 21 heavy (non-hydrogen) atoms. The maximum Gasteiger partial charge on any atom is 0.245 e. The van der Waals surface area contributed by atoms with Gasteiger partial charge in [-0.3, -0.25) is 15.1 Å². The first-order valence-electron chi connectivity index (χ1n) is 7.00. The summed E-state index contributed by atoms with van der Waals surface area (Å²) >= 11 is 0. The minimum atomic E-state index is 0.731. The van der Waals surface area contributed by atoms with E-state index in [0.29, 0.717) is 0 Å². The van der Waals surface area contributed by atoms with Gasteiger partial charge in [-0.15, -0.1) is 5.10 Å². The predicted molar refractivity (Wildman–Crippen MR) is 80.0 cm³/mol. The largest absolute Gasteiger partial charge is 0.337 e. The van der Waals surface area contributed by atoms with Crippen molar-refractivity contribution in [1.82, 2.24) is 30.5 Å². The Balaban J connectivity index is 1.74. The van der Waals surface area contributed by atoms with Crippen LogP contribution in [0.4, 0.5) is 5.95 Å². The standard InChI is InChI=1S/C14H15N7/c1-2-10(12-11(3-1)16-4-5-17-12)13-18-14(20-19-13)21-8-6-15-7-9-21/h1-5,15H,6-9H2,(H,18,19,20). The lowest BCUT2D eigenvalue weighted by Gasteiger charge is -2.25. The van der Waals surface area contributed by atoms with E-state index in [0.717, 1.165) is 54.5 Å². The number of piperazine rings is 1. The molecule has 7 nitrogen and oxygen atoms in total. The lowest BCUT2D eigenvalue weighted by Crippen LogP contribution is -2.44. The number of hydrogen-bond acceptors (Lipinski definition) is 6. The first-order chi connectivity index (χ1) is 10.4.